The number of nitrogens with zero attached hydrogens (tertiary/aromatic N) is 1. The van der Waals surface area contributed by atoms with Gasteiger partial charge in [-0.1, -0.05) is 44.9 Å². The van der Waals surface area contributed by atoms with Crippen molar-refractivity contribution >= 4 is 16.9 Å². The van der Waals surface area contributed by atoms with E-state index in [0.29, 0.717) is 5.25 Å². The minimum absolute atomic E-state index is 0.705. The Morgan fingerprint density at radius 2 is 2.27 bits per heavy atom. The SMILES string of the molecule is CC(C)C1CN=C(NCCC2CCC2)S1. The Kier molecular flexibility index (Phi) is 3.95. The van der Waals surface area contributed by atoms with E-state index in [1.165, 1.54) is 30.9 Å². The predicted molar refractivity (Wildman–Crippen MR) is 68.5 cm³/mol. The Morgan fingerprint density at radius 3 is 2.80 bits per heavy atom. The van der Waals surface area contributed by atoms with Gasteiger partial charge in [0.15, 0.2) is 5.17 Å². The van der Waals surface area contributed by atoms with Crippen molar-refractivity contribution in [1.82, 2.24) is 5.32 Å². The molecular formula is C12H22N2S. The van der Waals surface area contributed by atoms with Crippen LogP contribution in [0.2, 0.25) is 0 Å². The van der Waals surface area contributed by atoms with E-state index in [-0.39, 0.29) is 0 Å². The van der Waals surface area contributed by atoms with Gasteiger partial charge in [0.25, 0.3) is 0 Å². The molecule has 1 unspecified atom stereocenters. The van der Waals surface area contributed by atoms with E-state index < -0.39 is 0 Å². The number of hydrogen-bond acceptors (Lipinski definition) is 3. The van der Waals surface area contributed by atoms with Crippen molar-refractivity contribution in [1.29, 1.82) is 0 Å². The van der Waals surface area contributed by atoms with Crippen molar-refractivity contribution in [2.75, 3.05) is 13.1 Å². The number of aliphatic imine (C=N–C) groups is 1. The van der Waals surface area contributed by atoms with E-state index in [2.05, 4.69) is 24.2 Å². The average Bonchev–Trinajstić information content (AvgIpc) is 2.57. The molecule has 1 aliphatic heterocycles. The fourth-order valence-electron chi connectivity index (χ4n) is 2.00. The van der Waals surface area contributed by atoms with Crippen LogP contribution in [0.4, 0.5) is 0 Å². The van der Waals surface area contributed by atoms with Crippen LogP contribution < -0.4 is 5.32 Å². The van der Waals surface area contributed by atoms with Crippen molar-refractivity contribution in [3.05, 3.63) is 0 Å². The van der Waals surface area contributed by atoms with Gasteiger partial charge >= 0.3 is 0 Å². The molecule has 0 saturated heterocycles. The highest BCUT2D eigenvalue weighted by molar-refractivity contribution is 8.14. The van der Waals surface area contributed by atoms with Crippen molar-refractivity contribution in [3.8, 4) is 0 Å². The average molecular weight is 226 g/mol. The van der Waals surface area contributed by atoms with Crippen molar-refractivity contribution < 1.29 is 0 Å². The largest absolute Gasteiger partial charge is 0.365 e. The van der Waals surface area contributed by atoms with Gasteiger partial charge in [0.2, 0.25) is 0 Å². The third-order valence-corrected chi connectivity index (χ3v) is 4.97. The second-order valence-electron chi connectivity index (χ2n) is 5.06. The molecule has 1 aliphatic carbocycles. The summed E-state index contributed by atoms with van der Waals surface area (Å²) in [5.41, 5.74) is 0. The predicted octanol–water partition coefficient (Wildman–Crippen LogP) is 2.89. The number of thioether (sulfide) groups is 1. The first-order valence-electron chi connectivity index (χ1n) is 6.20. The molecule has 0 amide bonds. The van der Waals surface area contributed by atoms with Crippen LogP contribution in [0.1, 0.15) is 39.5 Å². The minimum atomic E-state index is 0.705. The highest BCUT2D eigenvalue weighted by Gasteiger charge is 2.22. The Labute approximate surface area is 97.3 Å². The van der Waals surface area contributed by atoms with Crippen LogP contribution >= 0.6 is 11.8 Å². The van der Waals surface area contributed by atoms with Gasteiger partial charge in [-0.3, -0.25) is 4.99 Å². The van der Waals surface area contributed by atoms with E-state index in [4.69, 9.17) is 0 Å². The fourth-order valence-corrected chi connectivity index (χ4v) is 3.04. The van der Waals surface area contributed by atoms with Gasteiger partial charge in [0.1, 0.15) is 0 Å². The van der Waals surface area contributed by atoms with Crippen LogP contribution in [0.15, 0.2) is 4.99 Å². The second-order valence-corrected chi connectivity index (χ2v) is 6.29. The summed E-state index contributed by atoms with van der Waals surface area (Å²) in [5.74, 6) is 1.75. The number of rotatable bonds is 4. The topological polar surface area (TPSA) is 24.4 Å². The summed E-state index contributed by atoms with van der Waals surface area (Å²) in [7, 11) is 0. The summed E-state index contributed by atoms with van der Waals surface area (Å²) in [6.07, 6.45) is 5.70. The van der Waals surface area contributed by atoms with Gasteiger partial charge in [-0.05, 0) is 18.3 Å². The molecule has 15 heavy (non-hydrogen) atoms. The molecular weight excluding hydrogens is 204 g/mol. The summed E-state index contributed by atoms with van der Waals surface area (Å²) in [6.45, 7) is 6.70. The van der Waals surface area contributed by atoms with Crippen LogP contribution in [0.25, 0.3) is 0 Å². The van der Waals surface area contributed by atoms with Gasteiger partial charge in [0.05, 0.1) is 6.54 Å². The zero-order valence-electron chi connectivity index (χ0n) is 9.83. The van der Waals surface area contributed by atoms with Gasteiger partial charge < -0.3 is 5.32 Å². The lowest BCUT2D eigenvalue weighted by molar-refractivity contribution is 0.297. The lowest BCUT2D eigenvalue weighted by Gasteiger charge is -2.25. The molecule has 1 fully saturated rings. The normalized spacial score (nSPS) is 26.6. The maximum Gasteiger partial charge on any atom is 0.156 e. The fraction of sp³-hybridized carbons (Fsp3) is 0.917. The molecule has 0 spiro atoms. The lowest BCUT2D eigenvalue weighted by Crippen LogP contribution is -2.25. The van der Waals surface area contributed by atoms with E-state index in [1.807, 2.05) is 11.8 Å². The standard InChI is InChI=1S/C12H22N2S/c1-9(2)11-8-14-12(15-11)13-7-6-10-4-3-5-10/h9-11H,3-8H2,1-2H3,(H,13,14). The number of amidine groups is 1. The van der Waals surface area contributed by atoms with Crippen LogP contribution in [0, 0.1) is 11.8 Å². The van der Waals surface area contributed by atoms with Crippen LogP contribution in [-0.2, 0) is 0 Å². The van der Waals surface area contributed by atoms with Gasteiger partial charge in [-0.15, -0.1) is 0 Å². The van der Waals surface area contributed by atoms with Crippen LogP contribution in [0.3, 0.4) is 0 Å². The van der Waals surface area contributed by atoms with Crippen molar-refractivity contribution in [2.24, 2.45) is 16.8 Å². The first-order valence-corrected chi connectivity index (χ1v) is 7.08. The Morgan fingerprint density at radius 1 is 1.47 bits per heavy atom. The Hall–Kier alpha value is -0.180. The quantitative estimate of drug-likeness (QED) is 0.797. The molecule has 0 aromatic rings. The Balaban J connectivity index is 1.59. The molecule has 0 aromatic heterocycles. The Bertz CT molecular complexity index is 234. The molecule has 2 aliphatic rings. The summed E-state index contributed by atoms with van der Waals surface area (Å²) < 4.78 is 0. The molecule has 0 radical (unpaired) electrons. The first kappa shape index (κ1) is 11.3. The van der Waals surface area contributed by atoms with Crippen LogP contribution in [-0.4, -0.2) is 23.5 Å². The number of hydrogen-bond donors (Lipinski definition) is 1. The third-order valence-electron chi connectivity index (χ3n) is 3.47. The van der Waals surface area contributed by atoms with Gasteiger partial charge in [0, 0.05) is 11.8 Å². The zero-order valence-corrected chi connectivity index (χ0v) is 10.6. The van der Waals surface area contributed by atoms with E-state index >= 15 is 0 Å². The molecule has 1 heterocycles. The van der Waals surface area contributed by atoms with Gasteiger partial charge in [-0.25, -0.2) is 0 Å². The highest BCUT2D eigenvalue weighted by atomic mass is 32.2. The minimum Gasteiger partial charge on any atom is -0.365 e. The maximum atomic E-state index is 4.55. The molecule has 3 heteroatoms. The maximum absolute atomic E-state index is 4.55. The molecule has 0 bridgehead atoms. The zero-order chi connectivity index (χ0) is 10.7. The lowest BCUT2D eigenvalue weighted by atomic mass is 9.83. The highest BCUT2D eigenvalue weighted by Crippen LogP contribution is 2.29. The van der Waals surface area contributed by atoms with Crippen LogP contribution in [0.5, 0.6) is 0 Å². The van der Waals surface area contributed by atoms with Gasteiger partial charge in [-0.2, -0.15) is 0 Å². The smallest absolute Gasteiger partial charge is 0.156 e. The van der Waals surface area contributed by atoms with Crippen molar-refractivity contribution in [2.45, 2.75) is 44.8 Å². The summed E-state index contributed by atoms with van der Waals surface area (Å²) in [4.78, 5) is 4.55. The molecule has 0 aromatic carbocycles. The van der Waals surface area contributed by atoms with E-state index in [1.54, 1.807) is 0 Å². The van der Waals surface area contributed by atoms with E-state index in [0.717, 1.165) is 24.9 Å². The number of nitrogens with one attached hydrogen (secondary N) is 1. The molecule has 1 N–H and O–H groups in total. The van der Waals surface area contributed by atoms with Crippen molar-refractivity contribution in [3.63, 3.8) is 0 Å². The third kappa shape index (κ3) is 3.13. The first-order chi connectivity index (χ1) is 7.25. The monoisotopic (exact) mass is 226 g/mol. The second kappa shape index (κ2) is 5.24. The molecule has 86 valence electrons. The summed E-state index contributed by atoms with van der Waals surface area (Å²) >= 11 is 1.93. The molecule has 1 atom stereocenters. The molecule has 1 saturated carbocycles. The summed E-state index contributed by atoms with van der Waals surface area (Å²) in [5, 5.41) is 5.37. The summed E-state index contributed by atoms with van der Waals surface area (Å²) in [6, 6.07) is 0. The molecule has 2 rings (SSSR count). The van der Waals surface area contributed by atoms with E-state index in [9.17, 15) is 0 Å². The molecule has 2 nitrogen and oxygen atoms in total.